The molecule has 3 heterocycles. The maximum Gasteiger partial charge on any atom is 0.291 e. The zero-order valence-corrected chi connectivity index (χ0v) is 18.1. The van der Waals surface area contributed by atoms with E-state index in [0.29, 0.717) is 53.0 Å². The molecular weight excluding hydrogens is 465 g/mol. The molecule has 0 saturated heterocycles. The molecule has 5 rings (SSSR count). The third-order valence-corrected chi connectivity index (χ3v) is 6.52. The molecule has 3 aromatic heterocycles. The molecular formula is C21H10Cl3N3O2S. The van der Waals surface area contributed by atoms with Crippen molar-refractivity contribution >= 4 is 57.2 Å². The lowest BCUT2D eigenvalue weighted by Crippen LogP contribution is -2.23. The molecule has 0 aliphatic heterocycles. The van der Waals surface area contributed by atoms with E-state index in [4.69, 9.17) is 39.2 Å². The standard InChI is InChI=1S/C21H10Cl3N3O2S/c22-14-6-2-1-4-12(14)19-25-21-27(26-19)20(28)17(30-21)10-11-8-9-16(29-11)13-5-3-7-15(23)18(13)24/h1-10H. The fraction of sp³-hybridized carbons (Fsp3) is 0. The second-order valence-corrected chi connectivity index (χ2v) is 8.53. The summed E-state index contributed by atoms with van der Waals surface area (Å²) in [7, 11) is 0. The maximum absolute atomic E-state index is 12.8. The van der Waals surface area contributed by atoms with Crippen LogP contribution in [-0.4, -0.2) is 14.6 Å². The minimum Gasteiger partial charge on any atom is -0.457 e. The lowest BCUT2D eigenvalue weighted by atomic mass is 10.2. The Bertz CT molecular complexity index is 1520. The molecule has 0 amide bonds. The van der Waals surface area contributed by atoms with Gasteiger partial charge in [-0.25, -0.2) is 0 Å². The Labute approximate surface area is 188 Å². The van der Waals surface area contributed by atoms with E-state index in [0.717, 1.165) is 0 Å². The van der Waals surface area contributed by atoms with Crippen molar-refractivity contribution in [1.29, 1.82) is 0 Å². The SMILES string of the molecule is O=c1c(=Cc2ccc(-c3cccc(Cl)c3Cl)o2)sc2nc(-c3ccccc3Cl)nn12. The number of nitrogens with zero attached hydrogens (tertiary/aromatic N) is 3. The van der Waals surface area contributed by atoms with Crippen molar-refractivity contribution in [3.05, 3.63) is 90.3 Å². The van der Waals surface area contributed by atoms with Gasteiger partial charge in [0.1, 0.15) is 16.1 Å². The quantitative estimate of drug-likeness (QED) is 0.342. The van der Waals surface area contributed by atoms with E-state index in [1.54, 1.807) is 36.4 Å². The lowest BCUT2D eigenvalue weighted by Gasteiger charge is -2.01. The summed E-state index contributed by atoms with van der Waals surface area (Å²) in [6.45, 7) is 0. The van der Waals surface area contributed by atoms with E-state index in [-0.39, 0.29) is 5.56 Å². The number of hydrogen-bond acceptors (Lipinski definition) is 5. The van der Waals surface area contributed by atoms with Crippen LogP contribution >= 0.6 is 46.1 Å². The highest BCUT2D eigenvalue weighted by Crippen LogP contribution is 2.34. The molecule has 5 aromatic rings. The van der Waals surface area contributed by atoms with E-state index < -0.39 is 0 Å². The van der Waals surface area contributed by atoms with Crippen LogP contribution in [0.25, 0.3) is 33.7 Å². The van der Waals surface area contributed by atoms with Gasteiger partial charge in [0, 0.05) is 17.2 Å². The summed E-state index contributed by atoms with van der Waals surface area (Å²) in [5.41, 5.74) is 1.08. The number of halogens is 3. The van der Waals surface area contributed by atoms with Gasteiger partial charge in [-0.15, -0.1) is 5.10 Å². The number of fused-ring (bicyclic) bond motifs is 1. The minimum absolute atomic E-state index is 0.278. The topological polar surface area (TPSA) is 60.4 Å². The van der Waals surface area contributed by atoms with Crippen molar-refractivity contribution in [3.63, 3.8) is 0 Å². The third-order valence-electron chi connectivity index (χ3n) is 4.41. The van der Waals surface area contributed by atoms with Crippen LogP contribution < -0.4 is 10.1 Å². The Morgan fingerprint density at radius 3 is 2.50 bits per heavy atom. The van der Waals surface area contributed by atoms with Gasteiger partial charge in [-0.2, -0.15) is 9.50 Å². The second-order valence-electron chi connectivity index (χ2n) is 6.33. The number of thiazole rings is 1. The lowest BCUT2D eigenvalue weighted by molar-refractivity contribution is 0.571. The molecule has 0 saturated carbocycles. The molecule has 0 atom stereocenters. The minimum atomic E-state index is -0.278. The van der Waals surface area contributed by atoms with Gasteiger partial charge in [-0.1, -0.05) is 64.3 Å². The molecule has 148 valence electrons. The smallest absolute Gasteiger partial charge is 0.291 e. The van der Waals surface area contributed by atoms with Crippen LogP contribution in [0.4, 0.5) is 0 Å². The Balaban J connectivity index is 1.54. The first-order chi connectivity index (χ1) is 14.5. The van der Waals surface area contributed by atoms with Gasteiger partial charge in [-0.05, 0) is 36.4 Å². The Hall–Kier alpha value is -2.64. The van der Waals surface area contributed by atoms with Crippen LogP contribution in [0.5, 0.6) is 0 Å². The van der Waals surface area contributed by atoms with Crippen LogP contribution in [0.15, 0.2) is 63.8 Å². The molecule has 0 fully saturated rings. The molecule has 2 aromatic carbocycles. The molecule has 0 N–H and O–H groups in total. The monoisotopic (exact) mass is 473 g/mol. The van der Waals surface area contributed by atoms with E-state index in [2.05, 4.69) is 10.1 Å². The van der Waals surface area contributed by atoms with Gasteiger partial charge in [-0.3, -0.25) is 4.79 Å². The van der Waals surface area contributed by atoms with Crippen LogP contribution in [0, 0.1) is 0 Å². The predicted octanol–water partition coefficient (Wildman–Crippen LogP) is 5.59. The van der Waals surface area contributed by atoms with Crippen LogP contribution in [-0.2, 0) is 0 Å². The summed E-state index contributed by atoms with van der Waals surface area (Å²) in [6, 6.07) is 16.1. The molecule has 0 unspecified atom stereocenters. The fourth-order valence-electron chi connectivity index (χ4n) is 2.99. The van der Waals surface area contributed by atoms with Crippen molar-refractivity contribution in [3.8, 4) is 22.7 Å². The summed E-state index contributed by atoms with van der Waals surface area (Å²) in [5, 5.41) is 5.70. The first kappa shape index (κ1) is 19.3. The van der Waals surface area contributed by atoms with Crippen LogP contribution in [0.1, 0.15) is 5.76 Å². The Morgan fingerprint density at radius 1 is 0.933 bits per heavy atom. The summed E-state index contributed by atoms with van der Waals surface area (Å²) in [4.78, 5) is 17.7. The summed E-state index contributed by atoms with van der Waals surface area (Å²) in [5.74, 6) is 1.47. The zero-order chi connectivity index (χ0) is 20.8. The maximum atomic E-state index is 12.8. The largest absolute Gasteiger partial charge is 0.457 e. The van der Waals surface area contributed by atoms with Crippen LogP contribution in [0.3, 0.4) is 0 Å². The summed E-state index contributed by atoms with van der Waals surface area (Å²) >= 11 is 19.8. The van der Waals surface area contributed by atoms with Crippen molar-refractivity contribution in [2.45, 2.75) is 0 Å². The van der Waals surface area contributed by atoms with Gasteiger partial charge in [0.15, 0.2) is 5.82 Å². The van der Waals surface area contributed by atoms with Crippen molar-refractivity contribution < 1.29 is 4.42 Å². The average molecular weight is 475 g/mol. The molecule has 9 heteroatoms. The third kappa shape index (κ3) is 3.32. The van der Waals surface area contributed by atoms with Gasteiger partial charge < -0.3 is 4.42 Å². The highest BCUT2D eigenvalue weighted by Gasteiger charge is 2.15. The number of rotatable bonds is 3. The van der Waals surface area contributed by atoms with E-state index in [9.17, 15) is 4.79 Å². The van der Waals surface area contributed by atoms with Crippen molar-refractivity contribution in [2.75, 3.05) is 0 Å². The molecule has 0 bridgehead atoms. The highest BCUT2D eigenvalue weighted by molar-refractivity contribution is 7.15. The van der Waals surface area contributed by atoms with Crippen molar-refractivity contribution in [1.82, 2.24) is 14.6 Å². The first-order valence-electron chi connectivity index (χ1n) is 8.72. The van der Waals surface area contributed by atoms with Crippen molar-refractivity contribution in [2.24, 2.45) is 0 Å². The molecule has 0 spiro atoms. The highest BCUT2D eigenvalue weighted by atomic mass is 35.5. The number of aromatic nitrogens is 3. The number of hydrogen-bond donors (Lipinski definition) is 0. The van der Waals surface area contributed by atoms with Crippen LogP contribution in [0.2, 0.25) is 15.1 Å². The van der Waals surface area contributed by atoms with E-state index in [1.807, 2.05) is 24.3 Å². The number of benzene rings is 2. The molecule has 0 aliphatic rings. The average Bonchev–Trinajstić information content (AvgIpc) is 3.42. The molecule has 30 heavy (non-hydrogen) atoms. The Kier molecular flexibility index (Phi) is 4.87. The first-order valence-corrected chi connectivity index (χ1v) is 10.7. The molecule has 0 radical (unpaired) electrons. The summed E-state index contributed by atoms with van der Waals surface area (Å²) < 4.78 is 7.57. The predicted molar refractivity (Wildman–Crippen MR) is 121 cm³/mol. The van der Waals surface area contributed by atoms with E-state index >= 15 is 0 Å². The Morgan fingerprint density at radius 2 is 1.70 bits per heavy atom. The van der Waals surface area contributed by atoms with E-state index in [1.165, 1.54) is 15.9 Å². The molecule has 5 nitrogen and oxygen atoms in total. The zero-order valence-electron chi connectivity index (χ0n) is 15.0. The van der Waals surface area contributed by atoms with Gasteiger partial charge in [0.05, 0.1) is 15.1 Å². The fourth-order valence-corrected chi connectivity index (χ4v) is 4.49. The number of furan rings is 1. The summed E-state index contributed by atoms with van der Waals surface area (Å²) in [6.07, 6.45) is 1.65. The molecule has 0 aliphatic carbocycles. The normalized spacial score (nSPS) is 12.2. The van der Waals surface area contributed by atoms with Gasteiger partial charge in [0.25, 0.3) is 5.56 Å². The second kappa shape index (κ2) is 7.56. The van der Waals surface area contributed by atoms with Gasteiger partial charge in [0.2, 0.25) is 4.96 Å². The van der Waals surface area contributed by atoms with Gasteiger partial charge >= 0.3 is 0 Å².